The molecule has 0 saturated carbocycles. The lowest BCUT2D eigenvalue weighted by molar-refractivity contribution is -0.179. The molecule has 1 fully saturated rings. The first-order chi connectivity index (χ1) is 24.4. The lowest BCUT2D eigenvalue weighted by Crippen LogP contribution is -2.45. The number of para-hydroxylation sites is 1. The van der Waals surface area contributed by atoms with Gasteiger partial charge >= 0.3 is 6.16 Å². The Balaban J connectivity index is 1.25. The highest BCUT2D eigenvalue weighted by Gasteiger charge is 2.34. The van der Waals surface area contributed by atoms with Gasteiger partial charge in [-0.25, -0.2) is 4.79 Å². The number of rotatable bonds is 16. The van der Waals surface area contributed by atoms with Gasteiger partial charge in [-0.05, 0) is 86.1 Å². The molecular weight excluding hydrogens is 663 g/mol. The van der Waals surface area contributed by atoms with E-state index in [4.69, 9.17) is 33.3 Å². The maximum Gasteiger partial charge on any atom is 0.528 e. The molecule has 1 heterocycles. The molecule has 2 atom stereocenters. The fourth-order valence-electron chi connectivity index (χ4n) is 5.83. The van der Waals surface area contributed by atoms with Crippen molar-refractivity contribution >= 4 is 25.0 Å². The number of hydrogen-bond acceptors (Lipinski definition) is 9. The van der Waals surface area contributed by atoms with E-state index < -0.39 is 19.8 Å². The van der Waals surface area contributed by atoms with E-state index in [2.05, 4.69) is 50.0 Å². The molecule has 0 aromatic heterocycles. The van der Waals surface area contributed by atoms with Crippen molar-refractivity contribution in [2.45, 2.75) is 77.1 Å². The van der Waals surface area contributed by atoms with Crippen LogP contribution in [0.5, 0.6) is 17.2 Å². The van der Waals surface area contributed by atoms with Crippen molar-refractivity contribution in [3.05, 3.63) is 102 Å². The summed E-state index contributed by atoms with van der Waals surface area (Å²) in [5, 5.41) is 3.73. The molecule has 274 valence electrons. The summed E-state index contributed by atoms with van der Waals surface area (Å²) in [5.74, 6) is 2.42. The van der Waals surface area contributed by atoms with Gasteiger partial charge in [0.2, 0.25) is 0 Å². The first-order valence-electron chi connectivity index (χ1n) is 17.8. The summed E-state index contributed by atoms with van der Waals surface area (Å²) in [6.07, 6.45) is -0.270. The number of ether oxygens (including phenoxy) is 6. The predicted octanol–water partition coefficient (Wildman–Crippen LogP) is 9.23. The van der Waals surface area contributed by atoms with Gasteiger partial charge in [-0.2, -0.15) is 0 Å². The first-order valence-corrected chi connectivity index (χ1v) is 21.5. The molecule has 0 bridgehead atoms. The minimum atomic E-state index is -1.19. The molecule has 1 aliphatic heterocycles. The van der Waals surface area contributed by atoms with Crippen molar-refractivity contribution in [1.29, 1.82) is 0 Å². The Labute approximate surface area is 303 Å². The minimum Gasteiger partial charge on any atom is -0.490 e. The largest absolute Gasteiger partial charge is 0.528 e. The third kappa shape index (κ3) is 12.6. The monoisotopic (exact) mass is 715 g/mol. The second-order valence-electron chi connectivity index (χ2n) is 15.1. The van der Waals surface area contributed by atoms with E-state index in [9.17, 15) is 4.79 Å². The van der Waals surface area contributed by atoms with Crippen molar-refractivity contribution < 1.29 is 38.1 Å². The Morgan fingerprint density at radius 1 is 0.824 bits per heavy atom. The summed E-state index contributed by atoms with van der Waals surface area (Å²) in [6.45, 7) is 15.5. The zero-order chi connectivity index (χ0) is 36.3. The van der Waals surface area contributed by atoms with Crippen molar-refractivity contribution in [1.82, 2.24) is 5.06 Å². The lowest BCUT2D eigenvalue weighted by Gasteiger charge is -2.37. The topological polar surface area (TPSA) is 84.9 Å². The normalized spacial score (nSPS) is 16.8. The van der Waals surface area contributed by atoms with Crippen LogP contribution in [0, 0.1) is 0 Å². The van der Waals surface area contributed by atoms with Gasteiger partial charge in [0.25, 0.3) is 0 Å². The summed E-state index contributed by atoms with van der Waals surface area (Å²) in [4.78, 5) is 18.2. The molecule has 0 radical (unpaired) electrons. The van der Waals surface area contributed by atoms with E-state index in [1.165, 1.54) is 0 Å². The maximum atomic E-state index is 12.6. The number of nitrogens with zero attached hydrogens (tertiary/aromatic N) is 1. The number of carbonyl (C=O) groups excluding carboxylic acids is 1. The van der Waals surface area contributed by atoms with E-state index in [0.29, 0.717) is 39.5 Å². The zero-order valence-electron chi connectivity index (χ0n) is 30.9. The second kappa shape index (κ2) is 17.9. The van der Waals surface area contributed by atoms with Crippen LogP contribution in [0.2, 0.25) is 25.7 Å². The van der Waals surface area contributed by atoms with Gasteiger partial charge in [0, 0.05) is 32.5 Å². The van der Waals surface area contributed by atoms with Gasteiger partial charge < -0.3 is 33.3 Å². The summed E-state index contributed by atoms with van der Waals surface area (Å²) in [5.41, 5.74) is 1.46. The highest BCUT2D eigenvalue weighted by molar-refractivity contribution is 6.76. The molecule has 51 heavy (non-hydrogen) atoms. The predicted molar refractivity (Wildman–Crippen MR) is 202 cm³/mol. The van der Waals surface area contributed by atoms with E-state index in [1.807, 2.05) is 81.4 Å². The standard InChI is InChI=1S/C41H53NO8Si/c1-41(2,3)49-40(43)50-42-21-20-37(32-16-18-35(19-17-32)46-23-22-45-34-13-8-7-9-14-34)39(28-42)47-29-31-26-33-12-10-11-15-36(33)38(27-31)48-30-44-24-25-51(4,5)6/h7-19,26-27,37,39H,20-25,28-30H2,1-6H3. The highest BCUT2D eigenvalue weighted by Crippen LogP contribution is 2.34. The van der Waals surface area contributed by atoms with Gasteiger partial charge in [0.05, 0.1) is 19.3 Å². The summed E-state index contributed by atoms with van der Waals surface area (Å²) < 4.78 is 35.8. The van der Waals surface area contributed by atoms with Crippen LogP contribution in [-0.2, 0) is 25.7 Å². The van der Waals surface area contributed by atoms with Crippen LogP contribution in [0.4, 0.5) is 4.79 Å². The molecule has 0 N–H and O–H groups in total. The van der Waals surface area contributed by atoms with Crippen LogP contribution in [0.25, 0.3) is 10.8 Å². The van der Waals surface area contributed by atoms with Crippen LogP contribution in [-0.4, -0.2) is 70.7 Å². The SMILES string of the molecule is CC(C)(C)OC(=O)ON1CCC(c2ccc(OCCOc3ccccc3)cc2)C(OCc2cc(OCOCC[Si](C)(C)C)c3ccccc3c2)C1. The maximum absolute atomic E-state index is 12.6. The second-order valence-corrected chi connectivity index (χ2v) is 20.7. The van der Waals surface area contributed by atoms with Gasteiger partial charge in [0.1, 0.15) is 36.1 Å². The number of hydroxylamine groups is 2. The molecule has 0 amide bonds. The van der Waals surface area contributed by atoms with E-state index in [1.54, 1.807) is 5.06 Å². The fraction of sp³-hybridized carbons (Fsp3) is 0.439. The summed E-state index contributed by atoms with van der Waals surface area (Å²) in [6, 6.07) is 31.3. The number of piperidine rings is 1. The Morgan fingerprint density at radius 2 is 1.51 bits per heavy atom. The Morgan fingerprint density at radius 3 is 2.22 bits per heavy atom. The average Bonchev–Trinajstić information content (AvgIpc) is 3.08. The van der Waals surface area contributed by atoms with Crippen LogP contribution >= 0.6 is 0 Å². The summed E-state index contributed by atoms with van der Waals surface area (Å²) in [7, 11) is -1.19. The molecular formula is C41H53NO8Si. The van der Waals surface area contributed by atoms with E-state index in [0.717, 1.165) is 51.6 Å². The molecule has 10 heteroatoms. The van der Waals surface area contributed by atoms with Gasteiger partial charge in [-0.15, -0.1) is 5.06 Å². The van der Waals surface area contributed by atoms with E-state index >= 15 is 0 Å². The van der Waals surface area contributed by atoms with Gasteiger partial charge in [-0.3, -0.25) is 0 Å². The van der Waals surface area contributed by atoms with Crippen molar-refractivity contribution in [3.8, 4) is 17.2 Å². The van der Waals surface area contributed by atoms with Gasteiger partial charge in [0.15, 0.2) is 6.79 Å². The fourth-order valence-corrected chi connectivity index (χ4v) is 6.58. The quantitative estimate of drug-likeness (QED) is 0.0488. The lowest BCUT2D eigenvalue weighted by atomic mass is 9.87. The number of hydrogen-bond donors (Lipinski definition) is 0. The van der Waals surface area contributed by atoms with E-state index in [-0.39, 0.29) is 18.8 Å². The molecule has 9 nitrogen and oxygen atoms in total. The third-order valence-electron chi connectivity index (χ3n) is 8.43. The van der Waals surface area contributed by atoms with Crippen molar-refractivity contribution in [2.24, 2.45) is 0 Å². The van der Waals surface area contributed by atoms with Crippen LogP contribution in [0.15, 0.2) is 91.0 Å². The number of benzene rings is 4. The Hall–Kier alpha value is -4.09. The number of carbonyl (C=O) groups is 1. The zero-order valence-corrected chi connectivity index (χ0v) is 31.9. The molecule has 1 aliphatic rings. The van der Waals surface area contributed by atoms with Crippen LogP contribution in [0.3, 0.4) is 0 Å². The third-order valence-corrected chi connectivity index (χ3v) is 10.1. The molecule has 0 spiro atoms. The smallest absolute Gasteiger partial charge is 0.490 e. The van der Waals surface area contributed by atoms with Crippen LogP contribution < -0.4 is 14.2 Å². The molecule has 4 aromatic rings. The Bertz CT molecular complexity index is 1670. The summed E-state index contributed by atoms with van der Waals surface area (Å²) >= 11 is 0. The Kier molecular flexibility index (Phi) is 13.4. The molecule has 5 rings (SSSR count). The molecule has 1 saturated heterocycles. The van der Waals surface area contributed by atoms with Crippen molar-refractivity contribution in [3.63, 3.8) is 0 Å². The first kappa shape index (κ1) is 38.1. The minimum absolute atomic E-state index is 0.0647. The van der Waals surface area contributed by atoms with Crippen LogP contribution in [0.1, 0.15) is 44.2 Å². The molecule has 2 unspecified atom stereocenters. The molecule has 0 aliphatic carbocycles. The van der Waals surface area contributed by atoms with Gasteiger partial charge in [-0.1, -0.05) is 74.2 Å². The molecule has 4 aromatic carbocycles. The number of fused-ring (bicyclic) bond motifs is 1. The highest BCUT2D eigenvalue weighted by atomic mass is 28.3. The average molecular weight is 716 g/mol. The van der Waals surface area contributed by atoms with Crippen molar-refractivity contribution in [2.75, 3.05) is 39.7 Å².